The first-order valence-electron chi connectivity index (χ1n) is 6.06. The molecule has 0 atom stereocenters. The second-order valence-electron chi connectivity index (χ2n) is 4.36. The molecule has 4 nitrogen and oxygen atoms in total. The van der Waals surface area contributed by atoms with Crippen molar-refractivity contribution in [3.8, 4) is 0 Å². The van der Waals surface area contributed by atoms with Gasteiger partial charge in [0.2, 0.25) is 0 Å². The summed E-state index contributed by atoms with van der Waals surface area (Å²) in [5.41, 5.74) is 1.32. The number of fused-ring (bicyclic) bond motifs is 1. The summed E-state index contributed by atoms with van der Waals surface area (Å²) >= 11 is 0. The van der Waals surface area contributed by atoms with Crippen LogP contribution in [0.25, 0.3) is 11.0 Å². The first-order chi connectivity index (χ1) is 9.66. The van der Waals surface area contributed by atoms with Crippen LogP contribution < -0.4 is 5.32 Å². The third kappa shape index (κ3) is 2.03. The van der Waals surface area contributed by atoms with Crippen LogP contribution in [0.4, 0.5) is 10.1 Å². The molecule has 0 saturated carbocycles. The van der Waals surface area contributed by atoms with Crippen LogP contribution in [0.3, 0.4) is 0 Å². The number of anilines is 1. The highest BCUT2D eigenvalue weighted by Crippen LogP contribution is 2.27. The second kappa shape index (κ2) is 4.77. The van der Waals surface area contributed by atoms with E-state index >= 15 is 0 Å². The van der Waals surface area contributed by atoms with Gasteiger partial charge >= 0.3 is 0 Å². The predicted molar refractivity (Wildman–Crippen MR) is 73.1 cm³/mol. The molecule has 2 heterocycles. The Morgan fingerprint density at radius 3 is 2.70 bits per heavy atom. The molecular formula is C15H11FN2O2. The molecule has 5 heteroatoms. The van der Waals surface area contributed by atoms with Gasteiger partial charge in [0.05, 0.1) is 0 Å². The lowest BCUT2D eigenvalue weighted by Gasteiger charge is -2.02. The van der Waals surface area contributed by atoms with E-state index in [9.17, 15) is 9.18 Å². The molecule has 100 valence electrons. The number of hydrogen-bond donors (Lipinski definition) is 1. The van der Waals surface area contributed by atoms with Gasteiger partial charge in [0.15, 0.2) is 17.2 Å². The molecule has 0 spiro atoms. The molecule has 0 saturated heterocycles. The summed E-state index contributed by atoms with van der Waals surface area (Å²) in [6.45, 7) is 1.73. The van der Waals surface area contributed by atoms with Crippen LogP contribution in [-0.2, 0) is 0 Å². The molecule has 20 heavy (non-hydrogen) atoms. The van der Waals surface area contributed by atoms with E-state index in [-0.39, 0.29) is 11.3 Å². The Kier molecular flexibility index (Phi) is 2.95. The zero-order valence-electron chi connectivity index (χ0n) is 10.7. The number of para-hydroxylation sites is 1. The molecule has 2 aromatic heterocycles. The van der Waals surface area contributed by atoms with Crippen LogP contribution in [0.15, 0.2) is 47.1 Å². The van der Waals surface area contributed by atoms with Crippen molar-refractivity contribution < 1.29 is 13.6 Å². The van der Waals surface area contributed by atoms with Gasteiger partial charge < -0.3 is 9.73 Å². The molecule has 1 aromatic carbocycles. The van der Waals surface area contributed by atoms with Gasteiger partial charge in [0, 0.05) is 29.0 Å². The van der Waals surface area contributed by atoms with Crippen molar-refractivity contribution in [1.82, 2.24) is 4.98 Å². The SMILES string of the molecule is Cc1c(C(=O)Nc2ccncc2)oc2c(F)cccc12. The van der Waals surface area contributed by atoms with Crippen molar-refractivity contribution in [3.05, 3.63) is 59.9 Å². The fraction of sp³-hybridized carbons (Fsp3) is 0.0667. The van der Waals surface area contributed by atoms with Gasteiger partial charge in [-0.2, -0.15) is 0 Å². The van der Waals surface area contributed by atoms with Gasteiger partial charge in [-0.15, -0.1) is 0 Å². The highest BCUT2D eigenvalue weighted by atomic mass is 19.1. The Hall–Kier alpha value is -2.69. The lowest BCUT2D eigenvalue weighted by atomic mass is 10.1. The number of carbonyl (C=O) groups is 1. The summed E-state index contributed by atoms with van der Waals surface area (Å²) in [6.07, 6.45) is 3.14. The number of furan rings is 1. The number of amides is 1. The van der Waals surface area contributed by atoms with Gasteiger partial charge in [0.25, 0.3) is 5.91 Å². The smallest absolute Gasteiger partial charge is 0.291 e. The van der Waals surface area contributed by atoms with E-state index in [1.54, 1.807) is 43.6 Å². The normalized spacial score (nSPS) is 10.7. The predicted octanol–water partition coefficient (Wildman–Crippen LogP) is 3.53. The maximum atomic E-state index is 13.6. The van der Waals surface area contributed by atoms with Gasteiger partial charge in [-0.05, 0) is 25.1 Å². The van der Waals surface area contributed by atoms with E-state index in [4.69, 9.17) is 4.42 Å². The van der Waals surface area contributed by atoms with E-state index in [2.05, 4.69) is 10.3 Å². The quantitative estimate of drug-likeness (QED) is 0.775. The number of rotatable bonds is 2. The maximum absolute atomic E-state index is 13.6. The largest absolute Gasteiger partial charge is 0.448 e. The molecule has 0 unspecified atom stereocenters. The van der Waals surface area contributed by atoms with E-state index in [0.717, 1.165) is 0 Å². The molecular weight excluding hydrogens is 259 g/mol. The minimum Gasteiger partial charge on any atom is -0.448 e. The fourth-order valence-electron chi connectivity index (χ4n) is 2.05. The molecule has 0 radical (unpaired) electrons. The molecule has 0 aliphatic rings. The van der Waals surface area contributed by atoms with E-state index < -0.39 is 11.7 Å². The number of halogens is 1. The van der Waals surface area contributed by atoms with Gasteiger partial charge in [-0.1, -0.05) is 12.1 Å². The number of carbonyl (C=O) groups excluding carboxylic acids is 1. The highest BCUT2D eigenvalue weighted by Gasteiger charge is 2.19. The molecule has 0 aliphatic heterocycles. The number of pyridine rings is 1. The van der Waals surface area contributed by atoms with E-state index in [1.807, 2.05) is 0 Å². The molecule has 0 fully saturated rings. The van der Waals surface area contributed by atoms with Crippen LogP contribution in [0.1, 0.15) is 16.1 Å². The summed E-state index contributed by atoms with van der Waals surface area (Å²) in [4.78, 5) is 16.0. The Bertz CT molecular complexity index is 781. The third-order valence-electron chi connectivity index (χ3n) is 3.06. The van der Waals surface area contributed by atoms with Gasteiger partial charge in [0.1, 0.15) is 0 Å². The van der Waals surface area contributed by atoms with Crippen LogP contribution in [0.2, 0.25) is 0 Å². The molecule has 3 aromatic rings. The van der Waals surface area contributed by atoms with Crippen LogP contribution in [0, 0.1) is 12.7 Å². The Labute approximate surface area is 114 Å². The fourth-order valence-corrected chi connectivity index (χ4v) is 2.05. The number of hydrogen-bond acceptors (Lipinski definition) is 3. The van der Waals surface area contributed by atoms with Crippen LogP contribution in [-0.4, -0.2) is 10.9 Å². The molecule has 3 rings (SSSR count). The third-order valence-corrected chi connectivity index (χ3v) is 3.06. The second-order valence-corrected chi connectivity index (χ2v) is 4.36. The molecule has 0 aliphatic carbocycles. The first kappa shape index (κ1) is 12.3. The Balaban J connectivity index is 2.00. The molecule has 1 amide bonds. The Morgan fingerprint density at radius 1 is 1.25 bits per heavy atom. The molecule has 0 bridgehead atoms. The average molecular weight is 270 g/mol. The zero-order chi connectivity index (χ0) is 14.1. The number of nitrogens with one attached hydrogen (secondary N) is 1. The minimum absolute atomic E-state index is 0.102. The van der Waals surface area contributed by atoms with Crippen molar-refractivity contribution in [1.29, 1.82) is 0 Å². The highest BCUT2D eigenvalue weighted by molar-refractivity contribution is 6.06. The van der Waals surface area contributed by atoms with Crippen molar-refractivity contribution in [2.45, 2.75) is 6.92 Å². The topological polar surface area (TPSA) is 55.1 Å². The lowest BCUT2D eigenvalue weighted by molar-refractivity contribution is 0.0997. The van der Waals surface area contributed by atoms with Crippen molar-refractivity contribution in [2.75, 3.05) is 5.32 Å². The van der Waals surface area contributed by atoms with E-state index in [0.29, 0.717) is 16.6 Å². The number of nitrogens with zero attached hydrogens (tertiary/aromatic N) is 1. The van der Waals surface area contributed by atoms with Crippen molar-refractivity contribution >= 4 is 22.6 Å². The number of benzene rings is 1. The van der Waals surface area contributed by atoms with Gasteiger partial charge in [-0.3, -0.25) is 9.78 Å². The summed E-state index contributed by atoms with van der Waals surface area (Å²) in [6, 6.07) is 7.94. The summed E-state index contributed by atoms with van der Waals surface area (Å²) in [7, 11) is 0. The van der Waals surface area contributed by atoms with Crippen molar-refractivity contribution in [3.63, 3.8) is 0 Å². The first-order valence-corrected chi connectivity index (χ1v) is 6.06. The molecule has 1 N–H and O–H groups in total. The Morgan fingerprint density at radius 2 is 2.00 bits per heavy atom. The van der Waals surface area contributed by atoms with Crippen LogP contribution >= 0.6 is 0 Å². The lowest BCUT2D eigenvalue weighted by Crippen LogP contribution is -2.11. The number of aryl methyl sites for hydroxylation is 1. The monoisotopic (exact) mass is 270 g/mol. The van der Waals surface area contributed by atoms with Crippen LogP contribution in [0.5, 0.6) is 0 Å². The summed E-state index contributed by atoms with van der Waals surface area (Å²) < 4.78 is 19.0. The summed E-state index contributed by atoms with van der Waals surface area (Å²) in [5, 5.41) is 3.29. The minimum atomic E-state index is -0.478. The van der Waals surface area contributed by atoms with Gasteiger partial charge in [-0.25, -0.2) is 4.39 Å². The number of aromatic nitrogens is 1. The maximum Gasteiger partial charge on any atom is 0.291 e. The van der Waals surface area contributed by atoms with E-state index in [1.165, 1.54) is 6.07 Å². The summed E-state index contributed by atoms with van der Waals surface area (Å²) in [5.74, 6) is -0.778. The average Bonchev–Trinajstić information content (AvgIpc) is 2.79. The standard InChI is InChI=1S/C15H11FN2O2/c1-9-11-3-2-4-12(16)14(11)20-13(9)15(19)18-10-5-7-17-8-6-10/h2-8H,1H3,(H,17,18,19). The van der Waals surface area contributed by atoms with Crippen molar-refractivity contribution in [2.24, 2.45) is 0 Å². The zero-order valence-corrected chi connectivity index (χ0v) is 10.7.